The maximum atomic E-state index is 11.7. The lowest BCUT2D eigenvalue weighted by Crippen LogP contribution is -2.16. The predicted molar refractivity (Wildman–Crippen MR) is 91.0 cm³/mol. The number of amides is 1. The number of carboxylic acids is 1. The van der Waals surface area contributed by atoms with Gasteiger partial charge >= 0.3 is 12.1 Å². The molecule has 8 heteroatoms. The van der Waals surface area contributed by atoms with E-state index in [-0.39, 0.29) is 29.3 Å². The molecular weight excluding hydrogens is 324 g/mol. The van der Waals surface area contributed by atoms with Gasteiger partial charge in [0.05, 0.1) is 12.3 Å². The van der Waals surface area contributed by atoms with E-state index in [1.165, 1.54) is 12.1 Å². The minimum Gasteiger partial charge on any atom is -0.505 e. The van der Waals surface area contributed by atoms with Crippen LogP contribution in [0.1, 0.15) is 43.5 Å². The van der Waals surface area contributed by atoms with E-state index < -0.39 is 17.8 Å². The van der Waals surface area contributed by atoms with Gasteiger partial charge in [-0.05, 0) is 25.0 Å². The van der Waals surface area contributed by atoms with Crippen LogP contribution < -0.4 is 10.6 Å². The maximum Gasteiger partial charge on any atom is 0.411 e. The number of anilines is 2. The average Bonchev–Trinajstić information content (AvgIpc) is 2.46. The van der Waals surface area contributed by atoms with Gasteiger partial charge in [0.25, 0.3) is 0 Å². The lowest BCUT2D eigenvalue weighted by molar-refractivity contribution is 0.0694. The average molecular weight is 347 g/mol. The quantitative estimate of drug-likeness (QED) is 0.422. The Bertz CT molecular complexity index is 537. The van der Waals surface area contributed by atoms with Crippen molar-refractivity contribution in [2.24, 2.45) is 0 Å². The molecule has 0 aliphatic carbocycles. The number of hydrogen-bond acceptors (Lipinski definition) is 5. The summed E-state index contributed by atoms with van der Waals surface area (Å²) in [5.74, 6) is -1.65. The van der Waals surface area contributed by atoms with E-state index in [1.54, 1.807) is 0 Å². The van der Waals surface area contributed by atoms with Crippen molar-refractivity contribution in [3.05, 3.63) is 17.7 Å². The molecule has 1 rings (SSSR count). The van der Waals surface area contributed by atoms with Gasteiger partial charge in [0.1, 0.15) is 11.3 Å². The highest BCUT2D eigenvalue weighted by atomic mass is 35.5. The molecule has 0 unspecified atom stereocenters. The Balaban J connectivity index is 0.00000484. The molecule has 7 nitrogen and oxygen atoms in total. The summed E-state index contributed by atoms with van der Waals surface area (Å²) in [4.78, 5) is 22.7. The van der Waals surface area contributed by atoms with Crippen LogP contribution in [0.4, 0.5) is 16.2 Å². The Morgan fingerprint density at radius 1 is 1.22 bits per heavy atom. The van der Waals surface area contributed by atoms with Crippen LogP contribution >= 0.6 is 12.4 Å². The molecule has 4 N–H and O–H groups in total. The molecule has 0 spiro atoms. The number of carboxylic acid groups (broad SMARTS) is 1. The molecule has 130 valence electrons. The fourth-order valence-corrected chi connectivity index (χ4v) is 1.75. The number of aromatic carboxylic acids is 1. The standard InChI is InChI=1S/C15H22N2O5.ClH/c1-3-5-9-22-15(21)17-11-7-6-10(14(19)20)13(18)12(11)16-8-4-2;/h6-7,16,18H,3-5,8-9H2,1-2H3,(H,17,21)(H,19,20);1H. The molecule has 0 saturated heterocycles. The zero-order valence-electron chi connectivity index (χ0n) is 13.2. The summed E-state index contributed by atoms with van der Waals surface area (Å²) >= 11 is 0. The van der Waals surface area contributed by atoms with Gasteiger partial charge in [-0.2, -0.15) is 0 Å². The lowest BCUT2D eigenvalue weighted by atomic mass is 10.1. The predicted octanol–water partition coefficient (Wildman–Crippen LogP) is 3.68. The number of phenols is 1. The van der Waals surface area contributed by atoms with Crippen molar-refractivity contribution in [3.8, 4) is 5.75 Å². The first-order valence-electron chi connectivity index (χ1n) is 7.28. The summed E-state index contributed by atoms with van der Waals surface area (Å²) in [6, 6.07) is 2.65. The molecule has 0 aromatic heterocycles. The number of aromatic hydroxyl groups is 1. The highest BCUT2D eigenvalue weighted by Gasteiger charge is 2.18. The number of ether oxygens (including phenoxy) is 1. The van der Waals surface area contributed by atoms with E-state index in [0.717, 1.165) is 19.3 Å². The smallest absolute Gasteiger partial charge is 0.411 e. The van der Waals surface area contributed by atoms with E-state index in [2.05, 4.69) is 10.6 Å². The van der Waals surface area contributed by atoms with Gasteiger partial charge < -0.3 is 20.3 Å². The number of carbonyl (C=O) groups is 2. The zero-order valence-corrected chi connectivity index (χ0v) is 14.0. The number of nitrogens with one attached hydrogen (secondary N) is 2. The first-order valence-corrected chi connectivity index (χ1v) is 7.28. The number of unbranched alkanes of at least 4 members (excludes halogenated alkanes) is 1. The fourth-order valence-electron chi connectivity index (χ4n) is 1.75. The van der Waals surface area contributed by atoms with Gasteiger partial charge in [-0.25, -0.2) is 9.59 Å². The van der Waals surface area contributed by atoms with Gasteiger partial charge in [0.2, 0.25) is 0 Å². The molecule has 1 aromatic carbocycles. The molecule has 1 aromatic rings. The Morgan fingerprint density at radius 3 is 2.48 bits per heavy atom. The Morgan fingerprint density at radius 2 is 1.91 bits per heavy atom. The summed E-state index contributed by atoms with van der Waals surface area (Å²) in [6.45, 7) is 4.74. The first-order chi connectivity index (χ1) is 10.5. The second kappa shape index (κ2) is 10.6. The number of rotatable bonds is 8. The Labute approximate surface area is 141 Å². The summed E-state index contributed by atoms with van der Waals surface area (Å²) in [5, 5.41) is 24.5. The number of benzene rings is 1. The Hall–Kier alpha value is -2.15. The molecule has 0 radical (unpaired) electrons. The molecule has 23 heavy (non-hydrogen) atoms. The molecular formula is C15H23ClN2O5. The van der Waals surface area contributed by atoms with Crippen LogP contribution in [0.2, 0.25) is 0 Å². The minimum atomic E-state index is -1.24. The first kappa shape index (κ1) is 20.9. The molecule has 0 aliphatic rings. The van der Waals surface area contributed by atoms with Crippen molar-refractivity contribution in [2.45, 2.75) is 33.1 Å². The van der Waals surface area contributed by atoms with Crippen LogP contribution in [0.5, 0.6) is 5.75 Å². The van der Waals surface area contributed by atoms with Gasteiger partial charge in [-0.1, -0.05) is 20.3 Å². The monoisotopic (exact) mass is 346 g/mol. The van der Waals surface area contributed by atoms with Crippen LogP contribution in [0, 0.1) is 0 Å². The summed E-state index contributed by atoms with van der Waals surface area (Å²) in [6.07, 6.45) is 1.80. The van der Waals surface area contributed by atoms with E-state index in [9.17, 15) is 14.7 Å². The molecule has 0 saturated carbocycles. The third-order valence-corrected chi connectivity index (χ3v) is 2.93. The van der Waals surface area contributed by atoms with Crippen LogP contribution in [0.3, 0.4) is 0 Å². The van der Waals surface area contributed by atoms with Crippen molar-refractivity contribution in [1.82, 2.24) is 0 Å². The summed E-state index contributed by atoms with van der Waals surface area (Å²) < 4.78 is 4.99. The third kappa shape index (κ3) is 6.23. The maximum absolute atomic E-state index is 11.7. The summed E-state index contributed by atoms with van der Waals surface area (Å²) in [7, 11) is 0. The second-order valence-electron chi connectivity index (χ2n) is 4.73. The van der Waals surface area contributed by atoms with Gasteiger partial charge in [-0.15, -0.1) is 12.4 Å². The van der Waals surface area contributed by atoms with Crippen LogP contribution in [0.15, 0.2) is 12.1 Å². The number of halogens is 1. The molecule has 0 heterocycles. The van der Waals surface area contributed by atoms with E-state index in [0.29, 0.717) is 13.2 Å². The van der Waals surface area contributed by atoms with Crippen LogP contribution in [-0.2, 0) is 4.74 Å². The van der Waals surface area contributed by atoms with Gasteiger partial charge in [-0.3, -0.25) is 5.32 Å². The number of carbonyl (C=O) groups excluding carboxylic acids is 1. The number of hydrogen-bond donors (Lipinski definition) is 4. The SMILES string of the molecule is CCCCOC(=O)Nc1ccc(C(=O)O)c(O)c1NCCC.Cl. The fraction of sp³-hybridized carbons (Fsp3) is 0.467. The van der Waals surface area contributed by atoms with Crippen LogP contribution in [-0.4, -0.2) is 35.4 Å². The van der Waals surface area contributed by atoms with E-state index in [4.69, 9.17) is 9.84 Å². The van der Waals surface area contributed by atoms with Crippen molar-refractivity contribution in [3.63, 3.8) is 0 Å². The van der Waals surface area contributed by atoms with E-state index in [1.807, 2.05) is 13.8 Å². The highest BCUT2D eigenvalue weighted by Crippen LogP contribution is 2.35. The van der Waals surface area contributed by atoms with Crippen molar-refractivity contribution in [1.29, 1.82) is 0 Å². The molecule has 0 atom stereocenters. The van der Waals surface area contributed by atoms with Gasteiger partial charge in [0.15, 0.2) is 5.75 Å². The second-order valence-corrected chi connectivity index (χ2v) is 4.73. The zero-order chi connectivity index (χ0) is 16.5. The van der Waals surface area contributed by atoms with Crippen molar-refractivity contribution in [2.75, 3.05) is 23.8 Å². The normalized spacial score (nSPS) is 9.65. The minimum absolute atomic E-state index is 0. The molecule has 0 bridgehead atoms. The molecule has 0 fully saturated rings. The van der Waals surface area contributed by atoms with Crippen molar-refractivity contribution < 1.29 is 24.5 Å². The van der Waals surface area contributed by atoms with Gasteiger partial charge in [0, 0.05) is 6.54 Å². The molecule has 0 aliphatic heterocycles. The van der Waals surface area contributed by atoms with Crippen LogP contribution in [0.25, 0.3) is 0 Å². The molecule has 1 amide bonds. The largest absolute Gasteiger partial charge is 0.505 e. The third-order valence-electron chi connectivity index (χ3n) is 2.93. The Kier molecular flexibility index (Phi) is 9.57. The summed E-state index contributed by atoms with van der Waals surface area (Å²) in [5.41, 5.74) is 0.218. The highest BCUT2D eigenvalue weighted by molar-refractivity contribution is 5.98. The topological polar surface area (TPSA) is 108 Å². The van der Waals surface area contributed by atoms with Crippen molar-refractivity contribution >= 4 is 35.8 Å². The van der Waals surface area contributed by atoms with E-state index >= 15 is 0 Å². The lowest BCUT2D eigenvalue weighted by Gasteiger charge is -2.15.